The fourth-order valence-corrected chi connectivity index (χ4v) is 1.36. The van der Waals surface area contributed by atoms with Crippen LogP contribution < -0.4 is 5.32 Å². The Morgan fingerprint density at radius 3 is 2.53 bits per heavy atom. The normalized spacial score (nSPS) is 10.7. The van der Waals surface area contributed by atoms with Crippen molar-refractivity contribution in [3.8, 4) is 0 Å². The SMILES string of the molecule is CCNc1cc(CC)nc(CN(C)C)n1. The number of anilines is 1. The van der Waals surface area contributed by atoms with Gasteiger partial charge >= 0.3 is 0 Å². The first-order valence-electron chi connectivity index (χ1n) is 5.41. The molecule has 1 aromatic rings. The number of rotatable bonds is 5. The smallest absolute Gasteiger partial charge is 0.144 e. The Hall–Kier alpha value is -1.16. The van der Waals surface area contributed by atoms with Crippen LogP contribution in [-0.4, -0.2) is 35.5 Å². The molecule has 0 radical (unpaired) electrons. The molecule has 0 saturated heterocycles. The standard InChI is InChI=1S/C11H20N4/c1-5-9-7-10(12-6-2)14-11(13-9)8-15(3)4/h7H,5-6,8H2,1-4H3,(H,12,13,14). The third kappa shape index (κ3) is 3.83. The van der Waals surface area contributed by atoms with Gasteiger partial charge in [0.1, 0.15) is 11.6 Å². The maximum atomic E-state index is 4.48. The molecule has 0 atom stereocenters. The third-order valence-corrected chi connectivity index (χ3v) is 2.00. The topological polar surface area (TPSA) is 41.1 Å². The van der Waals surface area contributed by atoms with Gasteiger partial charge < -0.3 is 10.2 Å². The molecule has 0 aliphatic heterocycles. The van der Waals surface area contributed by atoms with Crippen LogP contribution in [0.25, 0.3) is 0 Å². The van der Waals surface area contributed by atoms with Crippen LogP contribution in [-0.2, 0) is 13.0 Å². The number of aryl methyl sites for hydroxylation is 1. The minimum Gasteiger partial charge on any atom is -0.370 e. The monoisotopic (exact) mass is 208 g/mol. The van der Waals surface area contributed by atoms with Gasteiger partial charge in [-0.25, -0.2) is 9.97 Å². The molecular formula is C11H20N4. The molecular weight excluding hydrogens is 188 g/mol. The Labute approximate surface area is 91.7 Å². The van der Waals surface area contributed by atoms with Crippen molar-refractivity contribution in [2.75, 3.05) is 26.0 Å². The average Bonchev–Trinajstić information content (AvgIpc) is 2.16. The predicted octanol–water partition coefficient (Wildman–Crippen LogP) is 1.53. The molecule has 0 bridgehead atoms. The van der Waals surface area contributed by atoms with Crippen molar-refractivity contribution in [2.24, 2.45) is 0 Å². The number of nitrogens with zero attached hydrogens (tertiary/aromatic N) is 3. The molecule has 0 aliphatic carbocycles. The van der Waals surface area contributed by atoms with Crippen molar-refractivity contribution in [3.05, 3.63) is 17.6 Å². The number of hydrogen-bond donors (Lipinski definition) is 1. The second-order valence-electron chi connectivity index (χ2n) is 3.78. The molecule has 0 aromatic carbocycles. The number of nitrogens with one attached hydrogen (secondary N) is 1. The van der Waals surface area contributed by atoms with Gasteiger partial charge in [-0.2, -0.15) is 0 Å². The minimum absolute atomic E-state index is 0.784. The summed E-state index contributed by atoms with van der Waals surface area (Å²) in [6, 6.07) is 2.02. The maximum Gasteiger partial charge on any atom is 0.144 e. The van der Waals surface area contributed by atoms with Crippen molar-refractivity contribution in [1.29, 1.82) is 0 Å². The fraction of sp³-hybridized carbons (Fsp3) is 0.636. The first-order chi connectivity index (χ1) is 7.15. The molecule has 0 aliphatic rings. The molecule has 1 rings (SSSR count). The molecule has 4 heteroatoms. The lowest BCUT2D eigenvalue weighted by Crippen LogP contribution is -2.15. The summed E-state index contributed by atoms with van der Waals surface area (Å²) in [5.74, 6) is 1.82. The lowest BCUT2D eigenvalue weighted by Gasteiger charge is -2.11. The molecule has 0 fully saturated rings. The molecule has 1 aromatic heterocycles. The summed E-state index contributed by atoms with van der Waals surface area (Å²) in [6.07, 6.45) is 0.946. The highest BCUT2D eigenvalue weighted by Crippen LogP contribution is 2.08. The average molecular weight is 208 g/mol. The zero-order chi connectivity index (χ0) is 11.3. The highest BCUT2D eigenvalue weighted by molar-refractivity contribution is 5.35. The van der Waals surface area contributed by atoms with Crippen LogP contribution in [0.3, 0.4) is 0 Å². The summed E-state index contributed by atoms with van der Waals surface area (Å²) < 4.78 is 0. The molecule has 0 spiro atoms. The van der Waals surface area contributed by atoms with E-state index < -0.39 is 0 Å². The summed E-state index contributed by atoms with van der Waals surface area (Å²) in [7, 11) is 4.05. The van der Waals surface area contributed by atoms with Gasteiger partial charge in [0.2, 0.25) is 0 Å². The van der Waals surface area contributed by atoms with Crippen LogP contribution in [0.5, 0.6) is 0 Å². The molecule has 0 saturated carbocycles. The van der Waals surface area contributed by atoms with Crippen LogP contribution in [0.1, 0.15) is 25.4 Å². The van der Waals surface area contributed by atoms with E-state index in [4.69, 9.17) is 0 Å². The second kappa shape index (κ2) is 5.66. The Balaban J connectivity index is 2.89. The summed E-state index contributed by atoms with van der Waals surface area (Å²) in [4.78, 5) is 11.0. The van der Waals surface area contributed by atoms with Crippen LogP contribution >= 0.6 is 0 Å². The highest BCUT2D eigenvalue weighted by atomic mass is 15.1. The van der Waals surface area contributed by atoms with E-state index in [0.717, 1.165) is 36.8 Å². The van der Waals surface area contributed by atoms with Gasteiger partial charge in [-0.15, -0.1) is 0 Å². The van der Waals surface area contributed by atoms with E-state index in [0.29, 0.717) is 0 Å². The zero-order valence-corrected chi connectivity index (χ0v) is 10.0. The molecule has 15 heavy (non-hydrogen) atoms. The molecule has 84 valence electrons. The van der Waals surface area contributed by atoms with E-state index in [-0.39, 0.29) is 0 Å². The van der Waals surface area contributed by atoms with Crippen molar-refractivity contribution in [3.63, 3.8) is 0 Å². The van der Waals surface area contributed by atoms with E-state index in [9.17, 15) is 0 Å². The lowest BCUT2D eigenvalue weighted by atomic mass is 10.3. The lowest BCUT2D eigenvalue weighted by molar-refractivity contribution is 0.390. The van der Waals surface area contributed by atoms with Gasteiger partial charge in [-0.1, -0.05) is 6.92 Å². The second-order valence-corrected chi connectivity index (χ2v) is 3.78. The molecule has 4 nitrogen and oxygen atoms in total. The first-order valence-corrected chi connectivity index (χ1v) is 5.41. The van der Waals surface area contributed by atoms with E-state index >= 15 is 0 Å². The van der Waals surface area contributed by atoms with Crippen LogP contribution in [0, 0.1) is 0 Å². The van der Waals surface area contributed by atoms with Gasteiger partial charge in [0.25, 0.3) is 0 Å². The number of hydrogen-bond acceptors (Lipinski definition) is 4. The van der Waals surface area contributed by atoms with E-state index in [1.807, 2.05) is 20.2 Å². The van der Waals surface area contributed by atoms with Crippen LogP contribution in [0.15, 0.2) is 6.07 Å². The van der Waals surface area contributed by atoms with Crippen molar-refractivity contribution in [2.45, 2.75) is 26.8 Å². The molecule has 1 N–H and O–H groups in total. The Kier molecular flexibility index (Phi) is 4.49. The largest absolute Gasteiger partial charge is 0.370 e. The van der Waals surface area contributed by atoms with E-state index in [2.05, 4.69) is 34.0 Å². The van der Waals surface area contributed by atoms with Crippen molar-refractivity contribution < 1.29 is 0 Å². The van der Waals surface area contributed by atoms with Gasteiger partial charge in [0.05, 0.1) is 6.54 Å². The number of aromatic nitrogens is 2. The molecule has 0 unspecified atom stereocenters. The summed E-state index contributed by atoms with van der Waals surface area (Å²) in [5, 5.41) is 3.23. The van der Waals surface area contributed by atoms with Crippen molar-refractivity contribution in [1.82, 2.24) is 14.9 Å². The maximum absolute atomic E-state index is 4.48. The minimum atomic E-state index is 0.784. The first kappa shape index (κ1) is 11.9. The van der Waals surface area contributed by atoms with Gasteiger partial charge in [0.15, 0.2) is 0 Å². The van der Waals surface area contributed by atoms with Gasteiger partial charge in [0, 0.05) is 18.3 Å². The summed E-state index contributed by atoms with van der Waals surface area (Å²) in [6.45, 7) is 5.85. The Morgan fingerprint density at radius 2 is 2.00 bits per heavy atom. The van der Waals surface area contributed by atoms with Gasteiger partial charge in [-0.05, 0) is 27.4 Å². The summed E-state index contributed by atoms with van der Waals surface area (Å²) in [5.41, 5.74) is 1.10. The molecule has 0 amide bonds. The van der Waals surface area contributed by atoms with E-state index in [1.54, 1.807) is 0 Å². The fourth-order valence-electron chi connectivity index (χ4n) is 1.36. The third-order valence-electron chi connectivity index (χ3n) is 2.00. The zero-order valence-electron chi connectivity index (χ0n) is 10.0. The summed E-state index contributed by atoms with van der Waals surface area (Å²) >= 11 is 0. The van der Waals surface area contributed by atoms with Crippen LogP contribution in [0.4, 0.5) is 5.82 Å². The highest BCUT2D eigenvalue weighted by Gasteiger charge is 2.03. The van der Waals surface area contributed by atoms with E-state index in [1.165, 1.54) is 0 Å². The Morgan fingerprint density at radius 1 is 1.27 bits per heavy atom. The quantitative estimate of drug-likeness (QED) is 0.796. The van der Waals surface area contributed by atoms with Crippen LogP contribution in [0.2, 0.25) is 0 Å². The van der Waals surface area contributed by atoms with Crippen molar-refractivity contribution >= 4 is 5.82 Å². The Bertz CT molecular complexity index is 309. The predicted molar refractivity (Wildman–Crippen MR) is 63.0 cm³/mol. The van der Waals surface area contributed by atoms with Gasteiger partial charge in [-0.3, -0.25) is 0 Å². The molecule has 1 heterocycles.